The normalized spacial score (nSPS) is 19.9. The van der Waals surface area contributed by atoms with E-state index in [2.05, 4.69) is 30.6 Å². The highest BCUT2D eigenvalue weighted by Gasteiger charge is 2.26. The lowest BCUT2D eigenvalue weighted by Gasteiger charge is -2.33. The zero-order chi connectivity index (χ0) is 14.6. The molecule has 1 aromatic rings. The van der Waals surface area contributed by atoms with Gasteiger partial charge in [-0.1, -0.05) is 19.9 Å². The van der Waals surface area contributed by atoms with Crippen LogP contribution < -0.4 is 5.32 Å². The molecule has 1 unspecified atom stereocenters. The Morgan fingerprint density at radius 3 is 3.05 bits per heavy atom. The summed E-state index contributed by atoms with van der Waals surface area (Å²) in [4.78, 5) is 15.3. The first-order chi connectivity index (χ1) is 9.53. The molecule has 0 radical (unpaired) electrons. The largest absolute Gasteiger partial charge is 0.396 e. The van der Waals surface area contributed by atoms with Crippen LogP contribution in [0.5, 0.6) is 0 Å². The van der Waals surface area contributed by atoms with Crippen molar-refractivity contribution >= 4 is 17.4 Å². The summed E-state index contributed by atoms with van der Waals surface area (Å²) < 4.78 is 0. The van der Waals surface area contributed by atoms with Crippen molar-refractivity contribution in [3.05, 3.63) is 22.4 Å². The van der Waals surface area contributed by atoms with Gasteiger partial charge in [0, 0.05) is 36.5 Å². The van der Waals surface area contributed by atoms with Crippen LogP contribution in [0.4, 0.5) is 4.79 Å². The number of nitrogens with one attached hydrogen (secondary N) is 1. The molecule has 0 bridgehead atoms. The molecule has 0 spiro atoms. The number of aliphatic hydroxyl groups excluding tert-OH is 1. The van der Waals surface area contributed by atoms with Gasteiger partial charge < -0.3 is 15.3 Å². The van der Waals surface area contributed by atoms with Gasteiger partial charge in [-0.3, -0.25) is 0 Å². The highest BCUT2D eigenvalue weighted by molar-refractivity contribution is 7.10. The third-order valence-electron chi connectivity index (χ3n) is 3.93. The Labute approximate surface area is 124 Å². The number of likely N-dealkylation sites (tertiary alicyclic amines) is 1. The first kappa shape index (κ1) is 15.3. The Hall–Kier alpha value is -1.07. The van der Waals surface area contributed by atoms with Crippen molar-refractivity contribution < 1.29 is 9.90 Å². The number of piperidine rings is 1. The monoisotopic (exact) mass is 296 g/mol. The molecule has 1 aromatic heterocycles. The number of rotatable bonds is 4. The number of urea groups is 1. The first-order valence-corrected chi connectivity index (χ1v) is 8.08. The SMILES string of the molecule is CC(C)(CNC(=O)N1CCCC(CO)C1)c1cccs1. The van der Waals surface area contributed by atoms with E-state index in [1.54, 1.807) is 11.3 Å². The van der Waals surface area contributed by atoms with Gasteiger partial charge in [0.05, 0.1) is 0 Å². The maximum Gasteiger partial charge on any atom is 0.317 e. The molecule has 1 saturated heterocycles. The van der Waals surface area contributed by atoms with E-state index in [1.165, 1.54) is 4.88 Å². The van der Waals surface area contributed by atoms with E-state index in [9.17, 15) is 9.90 Å². The second-order valence-corrected chi connectivity index (χ2v) is 7.10. The smallest absolute Gasteiger partial charge is 0.317 e. The third-order valence-corrected chi connectivity index (χ3v) is 5.17. The van der Waals surface area contributed by atoms with E-state index in [0.29, 0.717) is 13.1 Å². The van der Waals surface area contributed by atoms with Gasteiger partial charge in [-0.2, -0.15) is 0 Å². The molecule has 1 aliphatic heterocycles. The highest BCUT2D eigenvalue weighted by Crippen LogP contribution is 2.26. The van der Waals surface area contributed by atoms with Crippen molar-refractivity contribution in [1.29, 1.82) is 0 Å². The molecule has 5 heteroatoms. The molecule has 0 aliphatic carbocycles. The Kier molecular flexibility index (Phi) is 5.05. The summed E-state index contributed by atoms with van der Waals surface area (Å²) in [7, 11) is 0. The molecule has 1 fully saturated rings. The number of amides is 2. The minimum Gasteiger partial charge on any atom is -0.396 e. The van der Waals surface area contributed by atoms with E-state index in [-0.39, 0.29) is 24.0 Å². The number of carbonyl (C=O) groups excluding carboxylic acids is 1. The topological polar surface area (TPSA) is 52.6 Å². The lowest BCUT2D eigenvalue weighted by molar-refractivity contribution is 0.129. The molecular weight excluding hydrogens is 272 g/mol. The lowest BCUT2D eigenvalue weighted by atomic mass is 9.91. The zero-order valence-corrected chi connectivity index (χ0v) is 13.1. The lowest BCUT2D eigenvalue weighted by Crippen LogP contribution is -2.48. The van der Waals surface area contributed by atoms with Gasteiger partial charge in [-0.05, 0) is 30.2 Å². The summed E-state index contributed by atoms with van der Waals surface area (Å²) >= 11 is 1.72. The van der Waals surface area contributed by atoms with E-state index in [0.717, 1.165) is 19.4 Å². The number of hydrogen-bond donors (Lipinski definition) is 2. The predicted molar refractivity (Wildman–Crippen MR) is 82.1 cm³/mol. The van der Waals surface area contributed by atoms with Gasteiger partial charge in [0.25, 0.3) is 0 Å². The standard InChI is InChI=1S/C15H24N2O2S/c1-15(2,13-6-4-8-20-13)11-16-14(19)17-7-3-5-12(9-17)10-18/h4,6,8,12,18H,3,5,7,9-11H2,1-2H3,(H,16,19). The van der Waals surface area contributed by atoms with E-state index < -0.39 is 0 Å². The number of nitrogens with zero attached hydrogens (tertiary/aromatic N) is 1. The van der Waals surface area contributed by atoms with Gasteiger partial charge in [0.1, 0.15) is 0 Å². The molecule has 1 atom stereocenters. The molecular formula is C15H24N2O2S. The van der Waals surface area contributed by atoms with E-state index >= 15 is 0 Å². The fraction of sp³-hybridized carbons (Fsp3) is 0.667. The molecule has 2 heterocycles. The van der Waals surface area contributed by atoms with Crippen LogP contribution in [-0.4, -0.2) is 42.3 Å². The third kappa shape index (κ3) is 3.73. The summed E-state index contributed by atoms with van der Waals surface area (Å²) in [6, 6.07) is 4.15. The Balaban J connectivity index is 1.85. The Bertz CT molecular complexity index is 431. The van der Waals surface area contributed by atoms with Crippen molar-refractivity contribution in [2.24, 2.45) is 5.92 Å². The quantitative estimate of drug-likeness (QED) is 0.896. The van der Waals surface area contributed by atoms with Crippen molar-refractivity contribution in [2.45, 2.75) is 32.1 Å². The van der Waals surface area contributed by atoms with Crippen LogP contribution in [0.3, 0.4) is 0 Å². The van der Waals surface area contributed by atoms with Gasteiger partial charge in [-0.15, -0.1) is 11.3 Å². The fourth-order valence-corrected chi connectivity index (χ4v) is 3.41. The fourth-order valence-electron chi connectivity index (χ4n) is 2.56. The van der Waals surface area contributed by atoms with Crippen LogP contribution >= 0.6 is 11.3 Å². The maximum absolute atomic E-state index is 12.2. The van der Waals surface area contributed by atoms with Crippen molar-refractivity contribution in [3.8, 4) is 0 Å². The number of aliphatic hydroxyl groups is 1. The molecule has 0 saturated carbocycles. The van der Waals surface area contributed by atoms with Crippen LogP contribution in [0.15, 0.2) is 17.5 Å². The summed E-state index contributed by atoms with van der Waals surface area (Å²) in [5.41, 5.74) is -0.0456. The van der Waals surface area contributed by atoms with Crippen LogP contribution in [0.1, 0.15) is 31.6 Å². The summed E-state index contributed by atoms with van der Waals surface area (Å²) in [5, 5.41) is 14.3. The minimum absolute atomic E-state index is 0.00668. The van der Waals surface area contributed by atoms with Crippen LogP contribution in [0.2, 0.25) is 0 Å². The Morgan fingerprint density at radius 1 is 1.60 bits per heavy atom. The molecule has 2 amide bonds. The van der Waals surface area contributed by atoms with Gasteiger partial charge in [0.15, 0.2) is 0 Å². The summed E-state index contributed by atoms with van der Waals surface area (Å²) in [6.45, 7) is 6.55. The molecule has 2 rings (SSSR count). The molecule has 112 valence electrons. The van der Waals surface area contributed by atoms with Crippen molar-refractivity contribution in [3.63, 3.8) is 0 Å². The second-order valence-electron chi connectivity index (χ2n) is 6.16. The Morgan fingerprint density at radius 2 is 2.40 bits per heavy atom. The van der Waals surface area contributed by atoms with Crippen LogP contribution in [0, 0.1) is 5.92 Å². The highest BCUT2D eigenvalue weighted by atomic mass is 32.1. The number of carbonyl (C=O) groups is 1. The van der Waals surface area contributed by atoms with Crippen molar-refractivity contribution in [1.82, 2.24) is 10.2 Å². The zero-order valence-electron chi connectivity index (χ0n) is 12.3. The van der Waals surface area contributed by atoms with Crippen molar-refractivity contribution in [2.75, 3.05) is 26.2 Å². The minimum atomic E-state index is -0.0456. The van der Waals surface area contributed by atoms with E-state index in [1.807, 2.05) is 11.0 Å². The average molecular weight is 296 g/mol. The maximum atomic E-state index is 12.2. The predicted octanol–water partition coefficient (Wildman–Crippen LogP) is 2.44. The molecule has 4 nitrogen and oxygen atoms in total. The van der Waals surface area contributed by atoms with Gasteiger partial charge >= 0.3 is 6.03 Å². The van der Waals surface area contributed by atoms with Crippen LogP contribution in [0.25, 0.3) is 0 Å². The van der Waals surface area contributed by atoms with Crippen LogP contribution in [-0.2, 0) is 5.41 Å². The van der Waals surface area contributed by atoms with E-state index in [4.69, 9.17) is 0 Å². The molecule has 1 aliphatic rings. The number of thiophene rings is 1. The molecule has 2 N–H and O–H groups in total. The van der Waals surface area contributed by atoms with Gasteiger partial charge in [-0.25, -0.2) is 4.79 Å². The second kappa shape index (κ2) is 6.59. The molecule has 0 aromatic carbocycles. The average Bonchev–Trinajstić information content (AvgIpc) is 3.00. The summed E-state index contributed by atoms with van der Waals surface area (Å²) in [6.07, 6.45) is 1.99. The first-order valence-electron chi connectivity index (χ1n) is 7.20. The summed E-state index contributed by atoms with van der Waals surface area (Å²) in [5.74, 6) is 0.236. The molecule has 20 heavy (non-hydrogen) atoms. The number of hydrogen-bond acceptors (Lipinski definition) is 3. The van der Waals surface area contributed by atoms with Gasteiger partial charge in [0.2, 0.25) is 0 Å².